The Morgan fingerprint density at radius 1 is 1.00 bits per heavy atom. The van der Waals surface area contributed by atoms with Gasteiger partial charge in [-0.2, -0.15) is 0 Å². The molecule has 2 unspecified atom stereocenters. The largest absolute Gasteiger partial charge is 0.507 e. The zero-order valence-corrected chi connectivity index (χ0v) is 13.8. The van der Waals surface area contributed by atoms with Gasteiger partial charge in [-0.05, 0) is 24.3 Å². The van der Waals surface area contributed by atoms with Crippen molar-refractivity contribution in [2.45, 2.75) is 12.8 Å². The van der Waals surface area contributed by atoms with Crippen LogP contribution < -0.4 is 10.4 Å². The maximum atomic E-state index is 12.8. The molecule has 4 rings (SSSR count). The Morgan fingerprint density at radius 2 is 1.69 bits per heavy atom. The Labute approximate surface area is 147 Å². The van der Waals surface area contributed by atoms with Crippen molar-refractivity contribution in [2.24, 2.45) is 5.92 Å². The van der Waals surface area contributed by atoms with E-state index in [1.54, 1.807) is 42.5 Å². The van der Waals surface area contributed by atoms with Gasteiger partial charge in [-0.3, -0.25) is 9.59 Å². The summed E-state index contributed by atoms with van der Waals surface area (Å²) in [6, 6.07) is 12.9. The van der Waals surface area contributed by atoms with Crippen molar-refractivity contribution >= 4 is 22.7 Å². The number of benzene rings is 2. The molecule has 0 saturated carbocycles. The summed E-state index contributed by atoms with van der Waals surface area (Å²) in [5, 5.41) is 10.9. The first-order valence-corrected chi connectivity index (χ1v) is 8.08. The van der Waals surface area contributed by atoms with Gasteiger partial charge in [0.1, 0.15) is 23.0 Å². The van der Waals surface area contributed by atoms with E-state index >= 15 is 0 Å². The summed E-state index contributed by atoms with van der Waals surface area (Å²) < 4.78 is 10.5. The number of hydrogen-bond donors (Lipinski definition) is 1. The van der Waals surface area contributed by atoms with Gasteiger partial charge in [-0.1, -0.05) is 31.2 Å². The summed E-state index contributed by atoms with van der Waals surface area (Å²) in [7, 11) is 0. The highest BCUT2D eigenvalue weighted by molar-refractivity contribution is 6.14. The number of rotatable bonds is 2. The van der Waals surface area contributed by atoms with Crippen molar-refractivity contribution in [3.63, 3.8) is 0 Å². The lowest BCUT2D eigenvalue weighted by Crippen LogP contribution is -2.38. The van der Waals surface area contributed by atoms with Crippen molar-refractivity contribution in [3.8, 4) is 11.5 Å². The fourth-order valence-electron chi connectivity index (χ4n) is 3.35. The van der Waals surface area contributed by atoms with Crippen molar-refractivity contribution in [2.75, 3.05) is 0 Å². The van der Waals surface area contributed by atoms with Crippen LogP contribution in [0.3, 0.4) is 0 Å². The summed E-state index contributed by atoms with van der Waals surface area (Å²) in [5.74, 6) is -3.45. The van der Waals surface area contributed by atoms with E-state index in [2.05, 4.69) is 0 Å². The van der Waals surface area contributed by atoms with E-state index in [0.29, 0.717) is 5.39 Å². The minimum atomic E-state index is -1.24. The second-order valence-corrected chi connectivity index (χ2v) is 6.20. The topological polar surface area (TPSA) is 93.8 Å². The van der Waals surface area contributed by atoms with Gasteiger partial charge in [-0.25, -0.2) is 4.79 Å². The lowest BCUT2D eigenvalue weighted by molar-refractivity contribution is -0.138. The van der Waals surface area contributed by atoms with E-state index in [1.807, 2.05) is 0 Å². The number of fused-ring (bicyclic) bond motifs is 2. The molecular weight excluding hydrogens is 336 g/mol. The van der Waals surface area contributed by atoms with E-state index in [9.17, 15) is 19.5 Å². The van der Waals surface area contributed by atoms with Crippen LogP contribution in [0.25, 0.3) is 11.0 Å². The lowest BCUT2D eigenvalue weighted by Gasteiger charge is -2.26. The number of carbonyl (C=O) groups is 2. The van der Waals surface area contributed by atoms with Gasteiger partial charge in [-0.15, -0.1) is 0 Å². The van der Waals surface area contributed by atoms with Crippen LogP contribution in [0.4, 0.5) is 0 Å². The molecule has 2 atom stereocenters. The van der Waals surface area contributed by atoms with Crippen LogP contribution in [0.1, 0.15) is 28.8 Å². The van der Waals surface area contributed by atoms with Gasteiger partial charge in [0.05, 0.1) is 16.5 Å². The van der Waals surface area contributed by atoms with Crippen LogP contribution in [0.15, 0.2) is 57.7 Å². The van der Waals surface area contributed by atoms with Crippen LogP contribution >= 0.6 is 0 Å². The molecule has 26 heavy (non-hydrogen) atoms. The second-order valence-electron chi connectivity index (χ2n) is 6.20. The summed E-state index contributed by atoms with van der Waals surface area (Å²) >= 11 is 0. The number of hydrogen-bond acceptors (Lipinski definition) is 6. The average Bonchev–Trinajstić information content (AvgIpc) is 2.62. The molecule has 1 N–H and O–H groups in total. The first-order valence-electron chi connectivity index (χ1n) is 8.08. The third-order valence-electron chi connectivity index (χ3n) is 4.67. The number of para-hydroxylation sites is 2. The zero-order valence-electron chi connectivity index (χ0n) is 13.8. The molecule has 0 aliphatic carbocycles. The summed E-state index contributed by atoms with van der Waals surface area (Å²) in [4.78, 5) is 37.6. The lowest BCUT2D eigenvalue weighted by atomic mass is 9.81. The van der Waals surface area contributed by atoms with E-state index < -0.39 is 29.2 Å². The van der Waals surface area contributed by atoms with Gasteiger partial charge >= 0.3 is 11.6 Å². The molecule has 130 valence electrons. The van der Waals surface area contributed by atoms with E-state index in [4.69, 9.17) is 9.15 Å². The number of aromatic hydroxyl groups is 1. The van der Waals surface area contributed by atoms with E-state index in [-0.39, 0.29) is 28.2 Å². The number of Topliss-reactive ketones (excluding diaryl/α,β-unsaturated/α-hetero) is 1. The Hall–Kier alpha value is -3.41. The number of ketones is 1. The van der Waals surface area contributed by atoms with Crippen LogP contribution in [0.5, 0.6) is 11.5 Å². The predicted octanol–water partition coefficient (Wildman–Crippen LogP) is 3.02. The summed E-state index contributed by atoms with van der Waals surface area (Å²) in [5.41, 5.74) is -0.394. The minimum absolute atomic E-state index is 0.113. The molecule has 0 amide bonds. The number of carbonyl (C=O) groups excluding carboxylic acids is 2. The number of esters is 1. The van der Waals surface area contributed by atoms with Gasteiger partial charge in [0.25, 0.3) is 0 Å². The molecule has 3 aromatic rings. The standard InChI is InChI=1S/C20H14O6/c1-10(15-17(21)11-6-2-4-8-13(11)25-19(15)23)16-18(22)12-7-3-5-9-14(12)26-20(16)24/h2-10,15,22H,1H3. The molecular formula is C20H14O6. The molecule has 6 heteroatoms. The van der Waals surface area contributed by atoms with Crippen molar-refractivity contribution in [1.29, 1.82) is 0 Å². The molecule has 2 heterocycles. The highest BCUT2D eigenvalue weighted by atomic mass is 16.5. The zero-order chi connectivity index (χ0) is 18.4. The smallest absolute Gasteiger partial charge is 0.343 e. The number of ether oxygens (including phenoxy) is 1. The van der Waals surface area contributed by atoms with E-state index in [1.165, 1.54) is 13.0 Å². The van der Waals surface area contributed by atoms with Crippen molar-refractivity contribution in [3.05, 3.63) is 70.1 Å². The van der Waals surface area contributed by atoms with Crippen molar-refractivity contribution < 1.29 is 23.8 Å². The van der Waals surface area contributed by atoms with Gasteiger partial charge in [0, 0.05) is 5.92 Å². The molecule has 0 saturated heterocycles. The normalized spacial score (nSPS) is 17.7. The van der Waals surface area contributed by atoms with Crippen LogP contribution in [-0.2, 0) is 4.79 Å². The predicted molar refractivity (Wildman–Crippen MR) is 92.5 cm³/mol. The first kappa shape index (κ1) is 16.1. The quantitative estimate of drug-likeness (QED) is 0.330. The van der Waals surface area contributed by atoms with Crippen LogP contribution in [-0.4, -0.2) is 16.9 Å². The summed E-state index contributed by atoms with van der Waals surface area (Å²) in [6.07, 6.45) is 0. The SMILES string of the molecule is CC(c1c(O)c2ccccc2oc1=O)C1C(=O)Oc2ccccc2C1=O. The fourth-order valence-corrected chi connectivity index (χ4v) is 3.35. The van der Waals surface area contributed by atoms with Gasteiger partial charge in [0.15, 0.2) is 5.78 Å². The monoisotopic (exact) mass is 350 g/mol. The molecule has 2 aromatic carbocycles. The average molecular weight is 350 g/mol. The van der Waals surface area contributed by atoms with Crippen molar-refractivity contribution in [1.82, 2.24) is 0 Å². The first-order chi connectivity index (χ1) is 12.5. The third kappa shape index (κ3) is 2.30. The second kappa shape index (κ2) is 5.84. The highest BCUT2D eigenvalue weighted by Crippen LogP contribution is 2.39. The molecule has 1 aliphatic heterocycles. The Morgan fingerprint density at radius 3 is 2.50 bits per heavy atom. The Bertz CT molecular complexity index is 1110. The van der Waals surface area contributed by atoms with Gasteiger partial charge in [0.2, 0.25) is 0 Å². The van der Waals surface area contributed by atoms with Crippen LogP contribution in [0, 0.1) is 5.92 Å². The van der Waals surface area contributed by atoms with Gasteiger partial charge < -0.3 is 14.3 Å². The maximum absolute atomic E-state index is 12.8. The van der Waals surface area contributed by atoms with E-state index in [0.717, 1.165) is 0 Å². The third-order valence-corrected chi connectivity index (χ3v) is 4.67. The molecule has 0 radical (unpaired) electrons. The Balaban J connectivity index is 1.85. The Kier molecular flexibility index (Phi) is 3.61. The molecule has 0 spiro atoms. The molecule has 6 nitrogen and oxygen atoms in total. The fraction of sp³-hybridized carbons (Fsp3) is 0.150. The maximum Gasteiger partial charge on any atom is 0.343 e. The molecule has 1 aliphatic rings. The summed E-state index contributed by atoms with van der Waals surface area (Å²) in [6.45, 7) is 1.53. The molecule has 1 aromatic heterocycles. The minimum Gasteiger partial charge on any atom is -0.507 e. The molecule has 0 bridgehead atoms. The van der Waals surface area contributed by atoms with Crippen LogP contribution in [0.2, 0.25) is 0 Å². The highest BCUT2D eigenvalue weighted by Gasteiger charge is 2.42. The molecule has 0 fully saturated rings.